The molecule has 1 rings (SSSR count). The highest BCUT2D eigenvalue weighted by molar-refractivity contribution is 6.17. The predicted octanol–water partition coefficient (Wildman–Crippen LogP) is 1.86. The van der Waals surface area contributed by atoms with Crippen LogP contribution in [-0.2, 0) is 7.05 Å². The molecule has 1 aromatic heterocycles. The highest BCUT2D eigenvalue weighted by Gasteiger charge is 2.18. The van der Waals surface area contributed by atoms with Crippen molar-refractivity contribution in [2.75, 3.05) is 12.4 Å². The molecule has 0 bridgehead atoms. The fraction of sp³-hybridized carbons (Fsp3) is 0.538. The number of carbonyl (C=O) groups excluding carboxylic acids is 1. The van der Waals surface area contributed by atoms with Crippen LogP contribution < -0.4 is 5.56 Å². The molecule has 0 saturated carbocycles. The summed E-state index contributed by atoms with van der Waals surface area (Å²) in [7, 11) is 1.66. The molecule has 0 unspecified atom stereocenters. The fourth-order valence-corrected chi connectivity index (χ4v) is 1.79. The summed E-state index contributed by atoms with van der Waals surface area (Å²) in [5, 5.41) is 0. The summed E-state index contributed by atoms with van der Waals surface area (Å²) < 4.78 is 1.44. The van der Waals surface area contributed by atoms with Crippen molar-refractivity contribution in [2.45, 2.75) is 26.3 Å². The summed E-state index contributed by atoms with van der Waals surface area (Å²) in [6, 6.07) is 3.13. The SMILES string of the molecule is CC(C)N(CCCCl)C(=O)c1ccn(C)c(=O)c1. The van der Waals surface area contributed by atoms with Crippen LogP contribution in [0.1, 0.15) is 30.6 Å². The first-order valence-corrected chi connectivity index (χ1v) is 6.54. The molecule has 0 aliphatic rings. The van der Waals surface area contributed by atoms with E-state index in [0.717, 1.165) is 6.42 Å². The first-order chi connectivity index (χ1) is 8.47. The second kappa shape index (κ2) is 6.59. The summed E-state index contributed by atoms with van der Waals surface area (Å²) in [6.45, 7) is 4.51. The van der Waals surface area contributed by atoms with Crippen LogP contribution in [0.4, 0.5) is 0 Å². The molecule has 0 aliphatic heterocycles. The molecule has 4 nitrogen and oxygen atoms in total. The van der Waals surface area contributed by atoms with Crippen LogP contribution in [0.15, 0.2) is 23.1 Å². The third-order valence-electron chi connectivity index (χ3n) is 2.77. The second-order valence-corrected chi connectivity index (χ2v) is 4.88. The normalized spacial score (nSPS) is 10.7. The third kappa shape index (κ3) is 3.60. The van der Waals surface area contributed by atoms with Crippen molar-refractivity contribution in [3.05, 3.63) is 34.2 Å². The van der Waals surface area contributed by atoms with Crippen LogP contribution in [0.2, 0.25) is 0 Å². The van der Waals surface area contributed by atoms with Gasteiger partial charge in [0.2, 0.25) is 0 Å². The average molecular weight is 271 g/mol. The minimum atomic E-state index is -0.179. The van der Waals surface area contributed by atoms with Gasteiger partial charge in [0.1, 0.15) is 0 Å². The molecule has 1 aromatic rings. The number of carbonyl (C=O) groups is 1. The van der Waals surface area contributed by atoms with E-state index < -0.39 is 0 Å². The molecule has 0 radical (unpaired) electrons. The van der Waals surface area contributed by atoms with E-state index in [9.17, 15) is 9.59 Å². The van der Waals surface area contributed by atoms with Crippen molar-refractivity contribution in [3.8, 4) is 0 Å². The highest BCUT2D eigenvalue weighted by Crippen LogP contribution is 2.08. The van der Waals surface area contributed by atoms with Gasteiger partial charge in [-0.25, -0.2) is 0 Å². The van der Waals surface area contributed by atoms with Crippen LogP contribution in [0.5, 0.6) is 0 Å². The van der Waals surface area contributed by atoms with E-state index in [0.29, 0.717) is 18.0 Å². The topological polar surface area (TPSA) is 42.3 Å². The Kier molecular flexibility index (Phi) is 5.41. The van der Waals surface area contributed by atoms with Gasteiger partial charge in [0.25, 0.3) is 11.5 Å². The Morgan fingerprint density at radius 1 is 1.50 bits per heavy atom. The van der Waals surface area contributed by atoms with Crippen molar-refractivity contribution < 1.29 is 4.79 Å². The highest BCUT2D eigenvalue weighted by atomic mass is 35.5. The Morgan fingerprint density at radius 3 is 2.67 bits per heavy atom. The molecule has 1 amide bonds. The number of amides is 1. The van der Waals surface area contributed by atoms with Gasteiger partial charge in [0.05, 0.1) is 0 Å². The minimum absolute atomic E-state index is 0.0878. The second-order valence-electron chi connectivity index (χ2n) is 4.50. The number of halogens is 1. The van der Waals surface area contributed by atoms with Gasteiger partial charge in [0.15, 0.2) is 0 Å². The molecule has 0 aliphatic carbocycles. The number of hydrogen-bond acceptors (Lipinski definition) is 2. The third-order valence-corrected chi connectivity index (χ3v) is 3.04. The van der Waals surface area contributed by atoms with Gasteiger partial charge in [-0.3, -0.25) is 9.59 Å². The van der Waals surface area contributed by atoms with Crippen LogP contribution >= 0.6 is 11.6 Å². The van der Waals surface area contributed by atoms with Gasteiger partial charge in [-0.05, 0) is 26.3 Å². The van der Waals surface area contributed by atoms with Crippen molar-refractivity contribution >= 4 is 17.5 Å². The van der Waals surface area contributed by atoms with E-state index in [4.69, 9.17) is 11.6 Å². The summed E-state index contributed by atoms with van der Waals surface area (Å²) in [6.07, 6.45) is 2.35. The first kappa shape index (κ1) is 14.8. The Bertz CT molecular complexity index is 468. The van der Waals surface area contributed by atoms with Crippen LogP contribution in [0.3, 0.4) is 0 Å². The average Bonchev–Trinajstić information content (AvgIpc) is 2.32. The Hall–Kier alpha value is -1.29. The van der Waals surface area contributed by atoms with Crippen LogP contribution in [0, 0.1) is 0 Å². The standard InChI is InChI=1S/C13H19ClN2O2/c1-10(2)16(7-4-6-14)13(18)11-5-8-15(3)12(17)9-11/h5,8-10H,4,6-7H2,1-3H3. The number of aryl methyl sites for hydroxylation is 1. The van der Waals surface area contributed by atoms with Crippen molar-refractivity contribution in [1.82, 2.24) is 9.47 Å². The van der Waals surface area contributed by atoms with E-state index in [1.54, 1.807) is 24.2 Å². The Morgan fingerprint density at radius 2 is 2.17 bits per heavy atom. The lowest BCUT2D eigenvalue weighted by molar-refractivity contribution is 0.0706. The minimum Gasteiger partial charge on any atom is -0.336 e. The van der Waals surface area contributed by atoms with E-state index in [-0.39, 0.29) is 17.5 Å². The lowest BCUT2D eigenvalue weighted by Crippen LogP contribution is -2.38. The van der Waals surface area contributed by atoms with Crippen molar-refractivity contribution in [3.63, 3.8) is 0 Å². The van der Waals surface area contributed by atoms with Gasteiger partial charge < -0.3 is 9.47 Å². The van der Waals surface area contributed by atoms with E-state index in [2.05, 4.69) is 0 Å². The molecule has 0 aromatic carbocycles. The molecule has 0 saturated heterocycles. The van der Waals surface area contributed by atoms with E-state index in [1.807, 2.05) is 13.8 Å². The number of aromatic nitrogens is 1. The molecule has 100 valence electrons. The van der Waals surface area contributed by atoms with Crippen LogP contribution in [-0.4, -0.2) is 33.8 Å². The van der Waals surface area contributed by atoms with Crippen molar-refractivity contribution in [1.29, 1.82) is 0 Å². The first-order valence-electron chi connectivity index (χ1n) is 6.01. The maximum Gasteiger partial charge on any atom is 0.254 e. The molecule has 5 heteroatoms. The number of nitrogens with zero attached hydrogens (tertiary/aromatic N) is 2. The number of alkyl halides is 1. The zero-order valence-corrected chi connectivity index (χ0v) is 11.8. The molecular weight excluding hydrogens is 252 g/mol. The van der Waals surface area contributed by atoms with Gasteiger partial charge in [-0.2, -0.15) is 0 Å². The van der Waals surface area contributed by atoms with E-state index >= 15 is 0 Å². The summed E-state index contributed by atoms with van der Waals surface area (Å²) in [4.78, 5) is 25.5. The van der Waals surface area contributed by atoms with Crippen molar-refractivity contribution in [2.24, 2.45) is 7.05 Å². The van der Waals surface area contributed by atoms with Gasteiger partial charge in [0, 0.05) is 43.3 Å². The number of hydrogen-bond donors (Lipinski definition) is 0. The summed E-state index contributed by atoms with van der Waals surface area (Å²) in [5.41, 5.74) is 0.253. The monoisotopic (exact) mass is 270 g/mol. The van der Waals surface area contributed by atoms with Gasteiger partial charge >= 0.3 is 0 Å². The molecule has 18 heavy (non-hydrogen) atoms. The van der Waals surface area contributed by atoms with E-state index in [1.165, 1.54) is 10.6 Å². The maximum atomic E-state index is 12.3. The van der Waals surface area contributed by atoms with Gasteiger partial charge in [-0.1, -0.05) is 0 Å². The summed E-state index contributed by atoms with van der Waals surface area (Å²) >= 11 is 5.66. The molecule has 0 N–H and O–H groups in total. The molecular formula is C13H19ClN2O2. The number of pyridine rings is 1. The predicted molar refractivity (Wildman–Crippen MR) is 73.2 cm³/mol. The van der Waals surface area contributed by atoms with Crippen LogP contribution in [0.25, 0.3) is 0 Å². The smallest absolute Gasteiger partial charge is 0.254 e. The quantitative estimate of drug-likeness (QED) is 0.767. The fourth-order valence-electron chi connectivity index (χ4n) is 1.67. The van der Waals surface area contributed by atoms with Gasteiger partial charge in [-0.15, -0.1) is 11.6 Å². The lowest BCUT2D eigenvalue weighted by Gasteiger charge is -2.26. The maximum absolute atomic E-state index is 12.3. The summed E-state index contributed by atoms with van der Waals surface area (Å²) in [5.74, 6) is 0.403. The largest absolute Gasteiger partial charge is 0.336 e. The molecule has 0 spiro atoms. The number of rotatable bonds is 5. The molecule has 0 atom stereocenters. The zero-order chi connectivity index (χ0) is 13.7. The zero-order valence-electron chi connectivity index (χ0n) is 11.0. The molecule has 0 fully saturated rings. The Labute approximate surface area is 112 Å². The lowest BCUT2D eigenvalue weighted by atomic mass is 10.2. The Balaban J connectivity index is 2.94. The molecule has 1 heterocycles.